The lowest BCUT2D eigenvalue weighted by Gasteiger charge is -2.26. The van der Waals surface area contributed by atoms with Crippen molar-refractivity contribution >= 4 is 98.2 Å². The number of benzene rings is 21. The fourth-order valence-electron chi connectivity index (χ4n) is 17.6. The number of hydrogen-bond donors (Lipinski definition) is 0. The molecule has 0 amide bonds. The third-order valence-corrected chi connectivity index (χ3v) is 29.4. The van der Waals surface area contributed by atoms with Crippen LogP contribution >= 0.6 is 47.0 Å². The van der Waals surface area contributed by atoms with Crippen LogP contribution in [0.4, 0.5) is 51.2 Å². The van der Waals surface area contributed by atoms with Gasteiger partial charge in [-0.2, -0.15) is 0 Å². The normalized spacial score (nSPS) is 11.7. The molecule has 0 unspecified atom stereocenters. The van der Waals surface area contributed by atoms with E-state index in [0.717, 1.165) is 110 Å². The molecule has 0 radical (unpaired) electrons. The van der Waals surface area contributed by atoms with Gasteiger partial charge in [-0.05, 0) is 258 Å². The fraction of sp³-hybridized carbons (Fsp3) is 0. The standard InChI is InChI=1S/2C42H29NOS.C42H29NS2/c1-3-10-30(11-4-1)32-18-24-35(25-19-32)43(36-26-20-33(21-27-36)31-12-5-2-6-13-31)37-28-22-34(23-29-37)38-14-9-16-40-42(38)45-41-17-8-7-15-39(41)44-40;1-3-10-30(11-4-1)32-18-24-35(25-19-32)43(36-26-20-33(21-27-36)31-12-5-2-6-13-31)37-28-22-34(23-29-37)38-14-9-17-41-42(38)44-39-15-7-8-16-40(39)45-41;1-3-10-30(11-4-1)32-18-24-35(25-19-32)43(36-26-20-33(21-27-36)31-12-5-2-6-13-31)37-28-22-34(23-29-37)38-14-9-17-41-42(38)45-40-16-8-7-15-39(40)44-41/h3*1-29H. The highest BCUT2D eigenvalue weighted by atomic mass is 32.2. The van der Waals surface area contributed by atoms with Gasteiger partial charge in [-0.15, -0.1) is 0 Å². The maximum Gasteiger partial charge on any atom is 0.149 e. The Morgan fingerprint density at radius 2 is 0.333 bits per heavy atom. The summed E-state index contributed by atoms with van der Waals surface area (Å²) in [5, 5.41) is 0. The molecule has 642 valence electrons. The Hall–Kier alpha value is -16.0. The molecule has 5 nitrogen and oxygen atoms in total. The van der Waals surface area contributed by atoms with E-state index < -0.39 is 0 Å². The molecule has 0 aromatic heterocycles. The van der Waals surface area contributed by atoms with Crippen molar-refractivity contribution in [1.82, 2.24) is 0 Å². The van der Waals surface area contributed by atoms with Crippen LogP contribution in [0.2, 0.25) is 0 Å². The molecule has 0 aliphatic carbocycles. The van der Waals surface area contributed by atoms with Gasteiger partial charge in [0.05, 0.1) is 19.6 Å². The summed E-state index contributed by atoms with van der Waals surface area (Å²) in [6.07, 6.45) is 0. The van der Waals surface area contributed by atoms with E-state index in [4.69, 9.17) is 9.47 Å². The van der Waals surface area contributed by atoms with Crippen LogP contribution in [0, 0.1) is 0 Å². The first-order valence-electron chi connectivity index (χ1n) is 45.3. The average molecular weight is 1800 g/mol. The molecule has 3 aliphatic rings. The van der Waals surface area contributed by atoms with Crippen molar-refractivity contribution in [2.75, 3.05) is 14.7 Å². The molecule has 0 atom stereocenters. The van der Waals surface area contributed by atoms with Gasteiger partial charge in [0, 0.05) is 76.3 Å². The zero-order valence-electron chi connectivity index (χ0n) is 73.5. The molecular formula is C126H87N3O2S4. The zero-order chi connectivity index (χ0) is 90.0. The zero-order valence-corrected chi connectivity index (χ0v) is 76.8. The Balaban J connectivity index is 0.000000118. The first-order chi connectivity index (χ1) is 66.9. The predicted molar refractivity (Wildman–Crippen MR) is 568 cm³/mol. The van der Waals surface area contributed by atoms with Crippen LogP contribution < -0.4 is 24.2 Å². The Labute approximate surface area is 806 Å². The molecule has 21 aromatic rings. The van der Waals surface area contributed by atoms with E-state index in [9.17, 15) is 0 Å². The summed E-state index contributed by atoms with van der Waals surface area (Å²) in [4.78, 5) is 16.8. The number of para-hydroxylation sites is 3. The lowest BCUT2D eigenvalue weighted by molar-refractivity contribution is 0.455. The molecule has 0 fully saturated rings. The molecular weight excluding hydrogens is 1720 g/mol. The second-order valence-corrected chi connectivity index (χ2v) is 37.2. The van der Waals surface area contributed by atoms with Gasteiger partial charge in [0.15, 0.2) is 0 Å². The SMILES string of the molecule is c1ccc(-c2ccc(N(c3ccc(-c4ccccc4)cc3)c3ccc(-c4cccc5c4Oc4ccccc4S5)cc3)cc2)cc1.c1ccc(-c2ccc(N(c3ccc(-c4ccccc4)cc3)c3ccc(-c4cccc5c4Sc4ccccc4O5)cc3)cc2)cc1.c1ccc(-c2ccc(N(c3ccc(-c4ccccc4)cc3)c3ccc(-c4cccc5c4Sc4ccccc4S5)cc3)cc2)cc1. The quantitative estimate of drug-likeness (QED) is 0.0833. The summed E-state index contributed by atoms with van der Waals surface area (Å²) in [7, 11) is 0. The van der Waals surface area contributed by atoms with Crippen molar-refractivity contribution in [1.29, 1.82) is 0 Å². The minimum Gasteiger partial charge on any atom is -0.455 e. The predicted octanol–water partition coefficient (Wildman–Crippen LogP) is 37.6. The van der Waals surface area contributed by atoms with Gasteiger partial charge >= 0.3 is 0 Å². The van der Waals surface area contributed by atoms with Gasteiger partial charge in [-0.1, -0.05) is 411 Å². The number of nitrogens with zero attached hydrogens (tertiary/aromatic N) is 3. The largest absolute Gasteiger partial charge is 0.455 e. The topological polar surface area (TPSA) is 28.2 Å². The van der Waals surface area contributed by atoms with Crippen molar-refractivity contribution in [3.63, 3.8) is 0 Å². The first-order valence-corrected chi connectivity index (χ1v) is 48.5. The lowest BCUT2D eigenvalue weighted by Crippen LogP contribution is -2.09. The van der Waals surface area contributed by atoms with Crippen LogP contribution in [-0.2, 0) is 0 Å². The van der Waals surface area contributed by atoms with Gasteiger partial charge in [-0.3, -0.25) is 0 Å². The Bertz CT molecular complexity index is 6700. The molecule has 0 saturated carbocycles. The van der Waals surface area contributed by atoms with Gasteiger partial charge in [0.2, 0.25) is 0 Å². The summed E-state index contributed by atoms with van der Waals surface area (Å²) >= 11 is 7.27. The van der Waals surface area contributed by atoms with Crippen molar-refractivity contribution in [3.05, 3.63) is 528 Å². The van der Waals surface area contributed by atoms with E-state index in [1.54, 1.807) is 23.5 Å². The molecule has 9 heteroatoms. The number of ether oxygens (including phenoxy) is 2. The second kappa shape index (κ2) is 39.2. The van der Waals surface area contributed by atoms with E-state index in [1.165, 1.54) is 103 Å². The summed E-state index contributed by atoms with van der Waals surface area (Å²) in [5.74, 6) is 3.63. The molecule has 135 heavy (non-hydrogen) atoms. The van der Waals surface area contributed by atoms with Crippen LogP contribution in [0.15, 0.2) is 567 Å². The summed E-state index contributed by atoms with van der Waals surface area (Å²) in [6, 6.07) is 187. The fourth-order valence-corrected chi connectivity index (χ4v) is 22.1. The molecule has 21 aromatic carbocycles. The molecule has 3 heterocycles. The minimum absolute atomic E-state index is 0.902. The maximum absolute atomic E-state index is 6.44. The van der Waals surface area contributed by atoms with Crippen molar-refractivity contribution in [2.45, 2.75) is 39.2 Å². The number of fused-ring (bicyclic) bond motifs is 6. The van der Waals surface area contributed by atoms with Crippen LogP contribution in [0.3, 0.4) is 0 Å². The van der Waals surface area contributed by atoms with Crippen molar-refractivity contribution in [2.24, 2.45) is 0 Å². The molecule has 0 bridgehead atoms. The number of rotatable bonds is 18. The van der Waals surface area contributed by atoms with Crippen LogP contribution in [-0.4, -0.2) is 0 Å². The monoisotopic (exact) mass is 1800 g/mol. The summed E-state index contributed by atoms with van der Waals surface area (Å²) in [6.45, 7) is 0. The summed E-state index contributed by atoms with van der Waals surface area (Å²) in [5.41, 5.74) is 31.5. The minimum atomic E-state index is 0.902. The van der Waals surface area contributed by atoms with E-state index in [2.05, 4.69) is 518 Å². The van der Waals surface area contributed by atoms with Gasteiger partial charge < -0.3 is 24.2 Å². The van der Waals surface area contributed by atoms with Gasteiger partial charge in [-0.25, -0.2) is 0 Å². The van der Waals surface area contributed by atoms with Crippen LogP contribution in [0.25, 0.3) is 100 Å². The van der Waals surface area contributed by atoms with E-state index in [-0.39, 0.29) is 0 Å². The molecule has 0 N–H and O–H groups in total. The third kappa shape index (κ3) is 18.5. The Morgan fingerprint density at radius 3 is 0.667 bits per heavy atom. The van der Waals surface area contributed by atoms with Crippen LogP contribution in [0.1, 0.15) is 0 Å². The highest BCUT2D eigenvalue weighted by Crippen LogP contribution is 2.56. The number of hydrogen-bond acceptors (Lipinski definition) is 9. The smallest absolute Gasteiger partial charge is 0.149 e. The van der Waals surface area contributed by atoms with Gasteiger partial charge in [0.25, 0.3) is 0 Å². The average Bonchev–Trinajstić information content (AvgIpc) is 0.780. The molecule has 24 rings (SSSR count). The third-order valence-electron chi connectivity index (χ3n) is 24.5. The first kappa shape index (κ1) is 84.6. The maximum atomic E-state index is 6.44. The van der Waals surface area contributed by atoms with E-state index in [0.29, 0.717) is 0 Å². The van der Waals surface area contributed by atoms with Crippen molar-refractivity contribution in [3.8, 4) is 123 Å². The van der Waals surface area contributed by atoms with E-state index >= 15 is 0 Å². The molecule has 0 spiro atoms. The Morgan fingerprint density at radius 1 is 0.126 bits per heavy atom. The van der Waals surface area contributed by atoms with E-state index in [1.807, 2.05) is 47.8 Å². The van der Waals surface area contributed by atoms with Gasteiger partial charge in [0.1, 0.15) is 23.0 Å². The molecule has 3 aliphatic heterocycles. The highest BCUT2D eigenvalue weighted by Gasteiger charge is 2.27. The summed E-state index contributed by atoms with van der Waals surface area (Å²) < 4.78 is 12.7. The number of anilines is 9. The molecule has 0 saturated heterocycles. The lowest BCUT2D eigenvalue weighted by atomic mass is 10.0. The van der Waals surface area contributed by atoms with Crippen molar-refractivity contribution < 1.29 is 9.47 Å². The Kier molecular flexibility index (Phi) is 24.6. The van der Waals surface area contributed by atoms with Crippen LogP contribution in [0.5, 0.6) is 23.0 Å². The highest BCUT2D eigenvalue weighted by molar-refractivity contribution is 8.05. The second-order valence-electron chi connectivity index (χ2n) is 33.0.